The van der Waals surface area contributed by atoms with Crippen molar-refractivity contribution in [3.05, 3.63) is 0 Å². The second-order valence-corrected chi connectivity index (χ2v) is 4.80. The van der Waals surface area contributed by atoms with E-state index in [1.165, 1.54) is 0 Å². The molecule has 2 amide bonds. The summed E-state index contributed by atoms with van der Waals surface area (Å²) in [6.07, 6.45) is 0.677. The lowest BCUT2D eigenvalue weighted by molar-refractivity contribution is -0.155. The zero-order valence-electron chi connectivity index (χ0n) is 11.1. The summed E-state index contributed by atoms with van der Waals surface area (Å²) in [6.45, 7) is 1.95. The number of ether oxygens (including phenoxy) is 2. The topological polar surface area (TPSA) is 117 Å². The number of rotatable bonds is 6. The second-order valence-electron chi connectivity index (χ2n) is 4.80. The molecule has 1 saturated heterocycles. The van der Waals surface area contributed by atoms with Crippen molar-refractivity contribution < 1.29 is 29.3 Å². The normalized spacial score (nSPS) is 25.6. The van der Waals surface area contributed by atoms with Crippen molar-refractivity contribution in [2.24, 2.45) is 0 Å². The summed E-state index contributed by atoms with van der Waals surface area (Å²) in [6, 6.07) is -0.565. The molecule has 0 spiro atoms. The molecule has 2 unspecified atom stereocenters. The fraction of sp³-hybridized carbons (Fsp3) is 0.818. The van der Waals surface area contributed by atoms with Gasteiger partial charge in [-0.2, -0.15) is 0 Å². The largest absolute Gasteiger partial charge is 0.479 e. The molecule has 0 aliphatic carbocycles. The number of carbonyl (C=O) groups excluding carboxylic acids is 1. The molecule has 2 atom stereocenters. The summed E-state index contributed by atoms with van der Waals surface area (Å²) in [5.41, 5.74) is -2.53. The molecule has 0 aromatic heterocycles. The van der Waals surface area contributed by atoms with Gasteiger partial charge in [-0.3, -0.25) is 0 Å². The smallest absolute Gasteiger partial charge is 0.337 e. The Hall–Kier alpha value is -1.38. The van der Waals surface area contributed by atoms with Gasteiger partial charge in [0.2, 0.25) is 0 Å². The minimum absolute atomic E-state index is 0.255. The molecule has 19 heavy (non-hydrogen) atoms. The fourth-order valence-electron chi connectivity index (χ4n) is 1.59. The van der Waals surface area contributed by atoms with Crippen LogP contribution in [0.25, 0.3) is 0 Å². The molecular weight excluding hydrogens is 256 g/mol. The molecule has 8 nitrogen and oxygen atoms in total. The van der Waals surface area contributed by atoms with Crippen LogP contribution in [0.3, 0.4) is 0 Å². The lowest BCUT2D eigenvalue weighted by Crippen LogP contribution is -2.52. The molecule has 1 aliphatic rings. The number of urea groups is 1. The number of nitrogens with one attached hydrogen (secondary N) is 2. The zero-order chi connectivity index (χ0) is 14.5. The Labute approximate surface area is 111 Å². The van der Waals surface area contributed by atoms with E-state index in [-0.39, 0.29) is 13.1 Å². The SMILES string of the molecule is COC1(CNC(=O)NCC(C)(O)C(=O)O)CCOC1. The third-order valence-corrected chi connectivity index (χ3v) is 3.13. The van der Waals surface area contributed by atoms with Gasteiger partial charge in [0.15, 0.2) is 5.60 Å². The molecular formula is C11H20N2O6. The number of hydrogen-bond donors (Lipinski definition) is 4. The van der Waals surface area contributed by atoms with E-state index in [2.05, 4.69) is 10.6 Å². The summed E-state index contributed by atoms with van der Waals surface area (Å²) in [7, 11) is 1.55. The first-order chi connectivity index (χ1) is 8.81. The van der Waals surface area contributed by atoms with Crippen molar-refractivity contribution in [2.75, 3.05) is 33.4 Å². The van der Waals surface area contributed by atoms with Crippen LogP contribution in [0.15, 0.2) is 0 Å². The molecule has 0 saturated carbocycles. The summed E-state index contributed by atoms with van der Waals surface area (Å²) >= 11 is 0. The van der Waals surface area contributed by atoms with Gasteiger partial charge in [-0.1, -0.05) is 0 Å². The standard InChI is InChI=1S/C11H20N2O6/c1-10(17,8(14)15)5-12-9(16)13-6-11(18-2)3-4-19-7-11/h17H,3-7H2,1-2H3,(H,14,15)(H2,12,13,16). The third kappa shape index (κ3) is 4.34. The van der Waals surface area contributed by atoms with Crippen LogP contribution < -0.4 is 10.6 Å². The van der Waals surface area contributed by atoms with Crippen LogP contribution in [0.1, 0.15) is 13.3 Å². The minimum Gasteiger partial charge on any atom is -0.479 e. The molecule has 1 rings (SSSR count). The maximum Gasteiger partial charge on any atom is 0.337 e. The van der Waals surface area contributed by atoms with E-state index in [4.69, 9.17) is 14.6 Å². The average molecular weight is 276 g/mol. The van der Waals surface area contributed by atoms with Crippen molar-refractivity contribution in [3.63, 3.8) is 0 Å². The van der Waals surface area contributed by atoms with Gasteiger partial charge < -0.3 is 30.3 Å². The number of carboxylic acids is 1. The van der Waals surface area contributed by atoms with Crippen LogP contribution in [0.4, 0.5) is 4.79 Å². The molecule has 1 heterocycles. The molecule has 1 fully saturated rings. The Kier molecular flexibility index (Phi) is 5.10. The van der Waals surface area contributed by atoms with E-state index in [0.717, 1.165) is 6.92 Å². The summed E-state index contributed by atoms with van der Waals surface area (Å²) in [5.74, 6) is -1.40. The van der Waals surface area contributed by atoms with Crippen LogP contribution in [-0.4, -0.2) is 66.8 Å². The van der Waals surface area contributed by atoms with Crippen LogP contribution in [0.5, 0.6) is 0 Å². The Morgan fingerprint density at radius 1 is 1.47 bits per heavy atom. The lowest BCUT2D eigenvalue weighted by atomic mass is 10.0. The predicted octanol–water partition coefficient (Wildman–Crippen LogP) is -1.07. The molecule has 0 aromatic rings. The molecule has 4 N–H and O–H groups in total. The molecule has 110 valence electrons. The molecule has 0 bridgehead atoms. The predicted molar refractivity (Wildman–Crippen MR) is 64.8 cm³/mol. The highest BCUT2D eigenvalue weighted by Crippen LogP contribution is 2.21. The first-order valence-electron chi connectivity index (χ1n) is 5.92. The number of amides is 2. The average Bonchev–Trinajstić information content (AvgIpc) is 2.83. The Bertz CT molecular complexity index is 338. The maximum absolute atomic E-state index is 11.5. The van der Waals surface area contributed by atoms with Crippen LogP contribution in [0.2, 0.25) is 0 Å². The van der Waals surface area contributed by atoms with E-state index < -0.39 is 23.2 Å². The van der Waals surface area contributed by atoms with Crippen LogP contribution in [-0.2, 0) is 14.3 Å². The second kappa shape index (κ2) is 6.18. The van der Waals surface area contributed by atoms with E-state index >= 15 is 0 Å². The number of methoxy groups -OCH3 is 1. The van der Waals surface area contributed by atoms with E-state index in [0.29, 0.717) is 19.6 Å². The first kappa shape index (κ1) is 15.7. The highest BCUT2D eigenvalue weighted by molar-refractivity contribution is 5.79. The quantitative estimate of drug-likeness (QED) is 0.490. The third-order valence-electron chi connectivity index (χ3n) is 3.13. The lowest BCUT2D eigenvalue weighted by Gasteiger charge is -2.26. The summed E-state index contributed by atoms with van der Waals surface area (Å²) in [5, 5.41) is 23.0. The van der Waals surface area contributed by atoms with Gasteiger partial charge in [0.25, 0.3) is 0 Å². The first-order valence-corrected chi connectivity index (χ1v) is 5.92. The number of hydrogen-bond acceptors (Lipinski definition) is 5. The number of aliphatic carboxylic acids is 1. The number of carbonyl (C=O) groups is 2. The van der Waals surface area contributed by atoms with E-state index in [1.54, 1.807) is 7.11 Å². The maximum atomic E-state index is 11.5. The minimum atomic E-state index is -1.99. The van der Waals surface area contributed by atoms with Crippen molar-refractivity contribution in [3.8, 4) is 0 Å². The van der Waals surface area contributed by atoms with Crippen molar-refractivity contribution in [2.45, 2.75) is 24.5 Å². The van der Waals surface area contributed by atoms with E-state index in [9.17, 15) is 14.7 Å². The van der Waals surface area contributed by atoms with Crippen LogP contribution in [0, 0.1) is 0 Å². The summed E-state index contributed by atoms with van der Waals surface area (Å²) < 4.78 is 10.5. The fourth-order valence-corrected chi connectivity index (χ4v) is 1.59. The molecule has 0 aromatic carbocycles. The van der Waals surface area contributed by atoms with Crippen molar-refractivity contribution in [1.82, 2.24) is 10.6 Å². The van der Waals surface area contributed by atoms with Gasteiger partial charge >= 0.3 is 12.0 Å². The highest BCUT2D eigenvalue weighted by atomic mass is 16.5. The Morgan fingerprint density at radius 2 is 2.16 bits per heavy atom. The zero-order valence-corrected chi connectivity index (χ0v) is 11.1. The van der Waals surface area contributed by atoms with Gasteiger partial charge in [0.05, 0.1) is 19.7 Å². The monoisotopic (exact) mass is 276 g/mol. The van der Waals surface area contributed by atoms with Gasteiger partial charge in [-0.15, -0.1) is 0 Å². The molecule has 1 aliphatic heterocycles. The van der Waals surface area contributed by atoms with Gasteiger partial charge in [0.1, 0.15) is 5.60 Å². The van der Waals surface area contributed by atoms with Gasteiger partial charge in [-0.25, -0.2) is 9.59 Å². The Balaban J connectivity index is 2.34. The van der Waals surface area contributed by atoms with E-state index in [1.807, 2.05) is 0 Å². The van der Waals surface area contributed by atoms with Crippen molar-refractivity contribution in [1.29, 1.82) is 0 Å². The van der Waals surface area contributed by atoms with Gasteiger partial charge in [0, 0.05) is 20.1 Å². The molecule has 0 radical (unpaired) electrons. The van der Waals surface area contributed by atoms with Crippen molar-refractivity contribution >= 4 is 12.0 Å². The highest BCUT2D eigenvalue weighted by Gasteiger charge is 2.35. The van der Waals surface area contributed by atoms with Crippen LogP contribution >= 0.6 is 0 Å². The Morgan fingerprint density at radius 3 is 2.63 bits per heavy atom. The molecule has 8 heteroatoms. The number of carboxylic acid groups (broad SMARTS) is 1. The number of aliphatic hydroxyl groups is 1. The van der Waals surface area contributed by atoms with Gasteiger partial charge in [-0.05, 0) is 6.92 Å². The summed E-state index contributed by atoms with van der Waals surface area (Å²) in [4.78, 5) is 22.1.